The highest BCUT2D eigenvalue weighted by atomic mass is 32.2. The van der Waals surface area contributed by atoms with Crippen molar-refractivity contribution in [2.75, 3.05) is 19.6 Å². The molecule has 2 aliphatic heterocycles. The molecule has 0 spiro atoms. The van der Waals surface area contributed by atoms with Crippen molar-refractivity contribution in [3.63, 3.8) is 0 Å². The topological polar surface area (TPSA) is 70.8 Å². The van der Waals surface area contributed by atoms with E-state index in [1.165, 1.54) is 24.3 Å². The van der Waals surface area contributed by atoms with E-state index in [2.05, 4.69) is 0 Å². The number of amides is 3. The third-order valence-corrected chi connectivity index (χ3v) is 5.63. The molecule has 2 fully saturated rings. The van der Waals surface area contributed by atoms with Gasteiger partial charge in [0.1, 0.15) is 29.7 Å². The van der Waals surface area contributed by atoms with Crippen LogP contribution in [-0.2, 0) is 9.59 Å². The molecule has 0 saturated carbocycles. The number of furan rings is 1. The Morgan fingerprint density at radius 3 is 2.62 bits per heavy atom. The highest BCUT2D eigenvalue weighted by Gasteiger charge is 2.37. The van der Waals surface area contributed by atoms with Gasteiger partial charge in [0, 0.05) is 25.2 Å². The lowest BCUT2D eigenvalue weighted by Crippen LogP contribution is -2.40. The van der Waals surface area contributed by atoms with Crippen molar-refractivity contribution in [1.82, 2.24) is 9.80 Å². The second-order valence-corrected chi connectivity index (χ2v) is 7.68. The number of rotatable bonds is 4. The Hall–Kier alpha value is -2.94. The fraction of sp³-hybridized carbons (Fsp3) is 0.250. The van der Waals surface area contributed by atoms with Crippen molar-refractivity contribution in [1.29, 1.82) is 0 Å². The first-order chi connectivity index (χ1) is 13.9. The number of nitrogens with zero attached hydrogens (tertiary/aromatic N) is 2. The number of benzene rings is 1. The monoisotopic (exact) mass is 418 g/mol. The minimum Gasteiger partial charge on any atom is -0.457 e. The number of hydrogen-bond acceptors (Lipinski definition) is 5. The maximum absolute atomic E-state index is 13.9. The standard InChI is InChI=1S/C20H16F2N2O4S/c21-12-3-5-14(15(22)9-12)16-6-4-13(28-16)10-17-19(26)24(20(27)29-17)11-18(25)23-7-1-2-8-23/h3-6,9-10H,1-2,7-8,11H2/b17-10+. The molecule has 1 aromatic heterocycles. The van der Waals surface area contributed by atoms with E-state index in [-0.39, 0.29) is 34.4 Å². The summed E-state index contributed by atoms with van der Waals surface area (Å²) < 4.78 is 32.5. The van der Waals surface area contributed by atoms with Crippen LogP contribution < -0.4 is 0 Å². The lowest BCUT2D eigenvalue weighted by molar-refractivity contribution is -0.135. The molecular weight excluding hydrogens is 402 g/mol. The molecule has 0 unspecified atom stereocenters. The van der Waals surface area contributed by atoms with Crippen molar-refractivity contribution in [2.45, 2.75) is 12.8 Å². The molecule has 3 heterocycles. The summed E-state index contributed by atoms with van der Waals surface area (Å²) in [5, 5.41) is -0.523. The van der Waals surface area contributed by atoms with Crippen LogP contribution in [0.1, 0.15) is 18.6 Å². The van der Waals surface area contributed by atoms with E-state index in [4.69, 9.17) is 4.42 Å². The third kappa shape index (κ3) is 3.95. The van der Waals surface area contributed by atoms with Gasteiger partial charge in [-0.05, 0) is 48.9 Å². The van der Waals surface area contributed by atoms with E-state index in [9.17, 15) is 23.2 Å². The summed E-state index contributed by atoms with van der Waals surface area (Å²) in [4.78, 5) is 39.6. The molecule has 0 bridgehead atoms. The molecule has 2 aromatic rings. The van der Waals surface area contributed by atoms with Gasteiger partial charge < -0.3 is 9.32 Å². The predicted molar refractivity (Wildman–Crippen MR) is 103 cm³/mol. The lowest BCUT2D eigenvalue weighted by atomic mass is 10.1. The normalized spacial score (nSPS) is 18.3. The zero-order chi connectivity index (χ0) is 20.5. The van der Waals surface area contributed by atoms with Crippen molar-refractivity contribution in [2.24, 2.45) is 0 Å². The van der Waals surface area contributed by atoms with Crippen molar-refractivity contribution >= 4 is 34.9 Å². The maximum atomic E-state index is 13.9. The first-order valence-electron chi connectivity index (χ1n) is 9.01. The van der Waals surface area contributed by atoms with Gasteiger partial charge in [0.25, 0.3) is 11.1 Å². The Labute approximate surface area is 169 Å². The smallest absolute Gasteiger partial charge is 0.294 e. The quantitative estimate of drug-likeness (QED) is 0.705. The maximum Gasteiger partial charge on any atom is 0.294 e. The van der Waals surface area contributed by atoms with Crippen LogP contribution in [0.4, 0.5) is 13.6 Å². The average Bonchev–Trinajstić information content (AvgIpc) is 3.41. The number of carbonyl (C=O) groups excluding carboxylic acids is 3. The molecule has 2 aliphatic rings. The fourth-order valence-electron chi connectivity index (χ4n) is 3.23. The number of halogens is 2. The Morgan fingerprint density at radius 1 is 1.14 bits per heavy atom. The van der Waals surface area contributed by atoms with Crippen LogP contribution in [0, 0.1) is 11.6 Å². The molecular formula is C20H16F2N2O4S. The number of imide groups is 1. The minimum atomic E-state index is -0.772. The summed E-state index contributed by atoms with van der Waals surface area (Å²) in [6.45, 7) is 0.992. The Balaban J connectivity index is 1.50. The van der Waals surface area contributed by atoms with Gasteiger partial charge in [-0.3, -0.25) is 19.3 Å². The van der Waals surface area contributed by atoms with Gasteiger partial charge in [-0.1, -0.05) is 0 Å². The van der Waals surface area contributed by atoms with Gasteiger partial charge >= 0.3 is 0 Å². The van der Waals surface area contributed by atoms with Crippen molar-refractivity contribution < 1.29 is 27.6 Å². The van der Waals surface area contributed by atoms with Crippen molar-refractivity contribution in [3.05, 3.63) is 52.6 Å². The first-order valence-corrected chi connectivity index (χ1v) is 9.82. The van der Waals surface area contributed by atoms with Crippen LogP contribution in [0.2, 0.25) is 0 Å². The minimum absolute atomic E-state index is 0.0790. The highest BCUT2D eigenvalue weighted by Crippen LogP contribution is 2.33. The highest BCUT2D eigenvalue weighted by molar-refractivity contribution is 8.18. The summed E-state index contributed by atoms with van der Waals surface area (Å²) in [6, 6.07) is 6.12. The van der Waals surface area contributed by atoms with E-state index >= 15 is 0 Å². The Bertz CT molecular complexity index is 1030. The number of thioether (sulfide) groups is 1. The molecule has 0 aliphatic carbocycles. The van der Waals surface area contributed by atoms with E-state index in [0.29, 0.717) is 24.9 Å². The molecule has 0 radical (unpaired) electrons. The summed E-state index contributed by atoms with van der Waals surface area (Å²) in [7, 11) is 0. The number of carbonyl (C=O) groups is 3. The van der Waals surface area contributed by atoms with E-state index in [0.717, 1.165) is 29.9 Å². The zero-order valence-electron chi connectivity index (χ0n) is 15.2. The molecule has 4 rings (SSSR count). The van der Waals surface area contributed by atoms with Crippen LogP contribution in [0.15, 0.2) is 39.7 Å². The van der Waals surface area contributed by atoms with E-state index in [1.807, 2.05) is 0 Å². The van der Waals surface area contributed by atoms with E-state index in [1.54, 1.807) is 4.90 Å². The third-order valence-electron chi connectivity index (χ3n) is 4.72. The fourth-order valence-corrected chi connectivity index (χ4v) is 4.05. The second-order valence-electron chi connectivity index (χ2n) is 6.68. The predicted octanol–water partition coefficient (Wildman–Crippen LogP) is 3.88. The molecule has 29 heavy (non-hydrogen) atoms. The molecule has 0 N–H and O–H groups in total. The van der Waals surface area contributed by atoms with Gasteiger partial charge in [-0.25, -0.2) is 8.78 Å². The van der Waals surface area contributed by atoms with Gasteiger partial charge in [0.05, 0.1) is 10.5 Å². The largest absolute Gasteiger partial charge is 0.457 e. The average molecular weight is 418 g/mol. The Kier molecular flexibility index (Phi) is 5.23. The molecule has 3 amide bonds. The lowest BCUT2D eigenvalue weighted by Gasteiger charge is -2.18. The SMILES string of the molecule is O=C(CN1C(=O)S/C(=C/c2ccc(-c3ccc(F)cc3F)o2)C1=O)N1CCCC1. The van der Waals surface area contributed by atoms with Crippen LogP contribution in [0.3, 0.4) is 0 Å². The number of likely N-dealkylation sites (tertiary alicyclic amines) is 1. The summed E-state index contributed by atoms with van der Waals surface area (Å²) >= 11 is 0.715. The van der Waals surface area contributed by atoms with Gasteiger partial charge in [0.15, 0.2) is 0 Å². The molecule has 9 heteroatoms. The van der Waals surface area contributed by atoms with Crippen LogP contribution >= 0.6 is 11.8 Å². The van der Waals surface area contributed by atoms with Gasteiger partial charge in [-0.2, -0.15) is 0 Å². The summed E-state index contributed by atoms with van der Waals surface area (Å²) in [6.07, 6.45) is 3.21. The summed E-state index contributed by atoms with van der Waals surface area (Å²) in [5.74, 6) is -1.89. The zero-order valence-corrected chi connectivity index (χ0v) is 16.0. The van der Waals surface area contributed by atoms with Crippen LogP contribution in [0.25, 0.3) is 17.4 Å². The van der Waals surface area contributed by atoms with E-state index < -0.39 is 22.8 Å². The molecule has 2 saturated heterocycles. The van der Waals surface area contributed by atoms with Gasteiger partial charge in [0.2, 0.25) is 5.91 Å². The number of hydrogen-bond donors (Lipinski definition) is 0. The second kappa shape index (κ2) is 7.82. The Morgan fingerprint density at radius 2 is 1.90 bits per heavy atom. The molecule has 6 nitrogen and oxygen atoms in total. The van der Waals surface area contributed by atoms with Crippen LogP contribution in [-0.4, -0.2) is 46.5 Å². The molecule has 1 aromatic carbocycles. The first kappa shape index (κ1) is 19.4. The van der Waals surface area contributed by atoms with Crippen molar-refractivity contribution in [3.8, 4) is 11.3 Å². The molecule has 150 valence electrons. The molecule has 0 atom stereocenters. The van der Waals surface area contributed by atoms with Crippen LogP contribution in [0.5, 0.6) is 0 Å². The summed E-state index contributed by atoms with van der Waals surface area (Å²) in [5.41, 5.74) is 0.0790. The van der Waals surface area contributed by atoms with Gasteiger partial charge in [-0.15, -0.1) is 0 Å².